The summed E-state index contributed by atoms with van der Waals surface area (Å²) in [6.07, 6.45) is 2.22. The van der Waals surface area contributed by atoms with Gasteiger partial charge in [0.05, 0.1) is 18.0 Å². The summed E-state index contributed by atoms with van der Waals surface area (Å²) in [4.78, 5) is 27.2. The molecule has 0 saturated carbocycles. The second kappa shape index (κ2) is 9.39. The van der Waals surface area contributed by atoms with Gasteiger partial charge in [0.15, 0.2) is 5.69 Å². The third-order valence-corrected chi connectivity index (χ3v) is 5.92. The van der Waals surface area contributed by atoms with E-state index in [9.17, 15) is 9.59 Å². The van der Waals surface area contributed by atoms with E-state index in [1.54, 1.807) is 17.7 Å². The largest absolute Gasteiger partial charge is 0.461 e. The third kappa shape index (κ3) is 4.44. The Balaban J connectivity index is 1.68. The maximum atomic E-state index is 12.9. The first-order chi connectivity index (χ1) is 15.5. The van der Waals surface area contributed by atoms with E-state index in [2.05, 4.69) is 12.0 Å². The summed E-state index contributed by atoms with van der Waals surface area (Å²) < 4.78 is 6.90. The minimum atomic E-state index is -0.452. The fourth-order valence-corrected chi connectivity index (χ4v) is 4.24. The Labute approximate surface area is 188 Å². The number of aromatic nitrogens is 2. The highest BCUT2D eigenvalue weighted by atomic mass is 16.5. The van der Waals surface area contributed by atoms with Gasteiger partial charge in [0.2, 0.25) is 0 Å². The second-order valence-corrected chi connectivity index (χ2v) is 8.41. The van der Waals surface area contributed by atoms with Crippen molar-refractivity contribution in [3.63, 3.8) is 0 Å². The monoisotopic (exact) mass is 431 g/mol. The predicted octanol–water partition coefficient (Wildman–Crippen LogP) is 4.90. The summed E-state index contributed by atoms with van der Waals surface area (Å²) in [5.74, 6) is 0.149. The van der Waals surface area contributed by atoms with Gasteiger partial charge in [0.1, 0.15) is 0 Å². The molecule has 32 heavy (non-hydrogen) atoms. The minimum Gasteiger partial charge on any atom is -0.461 e. The summed E-state index contributed by atoms with van der Waals surface area (Å²) >= 11 is 0. The van der Waals surface area contributed by atoms with Crippen LogP contribution in [-0.4, -0.2) is 46.3 Å². The zero-order valence-corrected chi connectivity index (χ0v) is 18.9. The van der Waals surface area contributed by atoms with Crippen molar-refractivity contribution in [2.75, 3.05) is 19.7 Å². The number of nitrogens with zero attached hydrogens (tertiary/aromatic N) is 3. The van der Waals surface area contributed by atoms with Crippen molar-refractivity contribution in [1.82, 2.24) is 14.7 Å². The quantitative estimate of drug-likeness (QED) is 0.539. The van der Waals surface area contributed by atoms with Crippen molar-refractivity contribution in [3.05, 3.63) is 71.4 Å². The Bertz CT molecular complexity index is 1120. The number of piperidine rings is 1. The molecule has 6 nitrogen and oxygen atoms in total. The Morgan fingerprint density at radius 3 is 2.56 bits per heavy atom. The molecule has 0 radical (unpaired) electrons. The highest BCUT2D eigenvalue weighted by Gasteiger charge is 2.23. The summed E-state index contributed by atoms with van der Waals surface area (Å²) in [5, 5.41) is 4.54. The van der Waals surface area contributed by atoms with Crippen LogP contribution >= 0.6 is 0 Å². The molecule has 6 heteroatoms. The molecule has 2 heterocycles. The summed E-state index contributed by atoms with van der Waals surface area (Å²) in [7, 11) is 0. The first kappa shape index (κ1) is 21.8. The molecule has 1 aliphatic rings. The van der Waals surface area contributed by atoms with E-state index in [4.69, 9.17) is 4.74 Å². The van der Waals surface area contributed by atoms with Crippen LogP contribution in [0.1, 0.15) is 53.1 Å². The summed E-state index contributed by atoms with van der Waals surface area (Å²) in [6.45, 7) is 7.89. The number of rotatable bonds is 5. The highest BCUT2D eigenvalue weighted by molar-refractivity contribution is 5.94. The van der Waals surface area contributed by atoms with Gasteiger partial charge in [-0.1, -0.05) is 31.2 Å². The molecule has 166 valence electrons. The number of amides is 1. The lowest BCUT2D eigenvalue weighted by Gasteiger charge is -2.31. The van der Waals surface area contributed by atoms with Crippen LogP contribution in [0.5, 0.6) is 0 Å². The molecule has 0 unspecified atom stereocenters. The molecule has 1 aliphatic heterocycles. The fourth-order valence-electron chi connectivity index (χ4n) is 4.24. The smallest absolute Gasteiger partial charge is 0.358 e. The van der Waals surface area contributed by atoms with Crippen LogP contribution in [0.3, 0.4) is 0 Å². The lowest BCUT2D eigenvalue weighted by Crippen LogP contribution is -2.39. The van der Waals surface area contributed by atoms with Crippen LogP contribution in [0.25, 0.3) is 16.9 Å². The third-order valence-electron chi connectivity index (χ3n) is 5.92. The first-order valence-electron chi connectivity index (χ1n) is 11.2. The zero-order valence-electron chi connectivity index (χ0n) is 18.9. The Morgan fingerprint density at radius 1 is 1.12 bits per heavy atom. The van der Waals surface area contributed by atoms with E-state index in [-0.39, 0.29) is 18.2 Å². The van der Waals surface area contributed by atoms with Crippen molar-refractivity contribution in [1.29, 1.82) is 0 Å². The van der Waals surface area contributed by atoms with Gasteiger partial charge in [-0.3, -0.25) is 4.79 Å². The normalized spacial score (nSPS) is 16.1. The average Bonchev–Trinajstić information content (AvgIpc) is 3.24. The van der Waals surface area contributed by atoms with Gasteiger partial charge in [-0.05, 0) is 68.5 Å². The maximum absolute atomic E-state index is 12.9. The van der Waals surface area contributed by atoms with E-state index in [0.29, 0.717) is 11.5 Å². The highest BCUT2D eigenvalue weighted by Crippen LogP contribution is 2.28. The molecular formula is C26H29N3O3. The molecule has 1 amide bonds. The van der Waals surface area contributed by atoms with Gasteiger partial charge in [-0.15, -0.1) is 0 Å². The standard InChI is InChI=1S/C26H29N3O3/c1-4-32-26(31)23-16-24(22-10-6-5-9-19(22)3)29(27-23)21-13-11-20(12-14-21)25(30)28-15-7-8-18(2)17-28/h5-6,9-14,16,18H,4,7-8,15,17H2,1-3H3/t18-/m0/s1. The van der Waals surface area contributed by atoms with Gasteiger partial charge in [0, 0.05) is 24.2 Å². The van der Waals surface area contributed by atoms with Crippen molar-refractivity contribution in [2.24, 2.45) is 5.92 Å². The molecule has 3 aromatic rings. The molecular weight excluding hydrogens is 402 g/mol. The van der Waals surface area contributed by atoms with E-state index in [0.717, 1.165) is 42.0 Å². The number of hydrogen-bond donors (Lipinski definition) is 0. The number of aryl methyl sites for hydroxylation is 1. The number of hydrogen-bond acceptors (Lipinski definition) is 4. The topological polar surface area (TPSA) is 64.4 Å². The Morgan fingerprint density at radius 2 is 1.88 bits per heavy atom. The van der Waals surface area contributed by atoms with Gasteiger partial charge in [-0.25, -0.2) is 9.48 Å². The number of likely N-dealkylation sites (tertiary alicyclic amines) is 1. The summed E-state index contributed by atoms with van der Waals surface area (Å²) in [5.41, 5.74) is 4.57. The van der Waals surface area contributed by atoms with Crippen LogP contribution < -0.4 is 0 Å². The van der Waals surface area contributed by atoms with Gasteiger partial charge < -0.3 is 9.64 Å². The number of esters is 1. The Hall–Kier alpha value is -3.41. The average molecular weight is 432 g/mol. The first-order valence-corrected chi connectivity index (χ1v) is 11.2. The minimum absolute atomic E-state index is 0.0647. The molecule has 2 aromatic carbocycles. The second-order valence-electron chi connectivity index (χ2n) is 8.41. The molecule has 0 N–H and O–H groups in total. The molecule has 1 atom stereocenters. The van der Waals surface area contributed by atoms with Crippen molar-refractivity contribution >= 4 is 11.9 Å². The summed E-state index contributed by atoms with van der Waals surface area (Å²) in [6, 6.07) is 17.2. The van der Waals surface area contributed by atoms with E-state index in [1.165, 1.54) is 6.42 Å². The molecule has 1 fully saturated rings. The van der Waals surface area contributed by atoms with Crippen molar-refractivity contribution in [2.45, 2.75) is 33.6 Å². The number of carbonyl (C=O) groups excluding carboxylic acids is 2. The van der Waals surface area contributed by atoms with Crippen molar-refractivity contribution < 1.29 is 14.3 Å². The number of benzene rings is 2. The molecule has 1 aromatic heterocycles. The lowest BCUT2D eigenvalue weighted by molar-refractivity contribution is 0.0518. The van der Waals surface area contributed by atoms with Crippen LogP contribution in [-0.2, 0) is 4.74 Å². The van der Waals surface area contributed by atoms with Gasteiger partial charge in [0.25, 0.3) is 5.91 Å². The van der Waals surface area contributed by atoms with Crippen LogP contribution in [0, 0.1) is 12.8 Å². The number of ether oxygens (including phenoxy) is 1. The van der Waals surface area contributed by atoms with Crippen LogP contribution in [0.15, 0.2) is 54.6 Å². The predicted molar refractivity (Wildman–Crippen MR) is 124 cm³/mol. The molecule has 1 saturated heterocycles. The SMILES string of the molecule is CCOC(=O)c1cc(-c2ccccc2C)n(-c2ccc(C(=O)N3CCC[C@H](C)C3)cc2)n1. The van der Waals surface area contributed by atoms with Gasteiger partial charge >= 0.3 is 5.97 Å². The van der Waals surface area contributed by atoms with Gasteiger partial charge in [-0.2, -0.15) is 5.10 Å². The van der Waals surface area contributed by atoms with Crippen LogP contribution in [0.2, 0.25) is 0 Å². The van der Waals surface area contributed by atoms with E-state index >= 15 is 0 Å². The zero-order chi connectivity index (χ0) is 22.7. The van der Waals surface area contributed by atoms with E-state index in [1.807, 2.05) is 60.4 Å². The van der Waals surface area contributed by atoms with Crippen molar-refractivity contribution in [3.8, 4) is 16.9 Å². The maximum Gasteiger partial charge on any atom is 0.358 e. The molecule has 0 spiro atoms. The molecule has 0 bridgehead atoms. The number of carbonyl (C=O) groups is 2. The van der Waals surface area contributed by atoms with E-state index < -0.39 is 5.97 Å². The van der Waals surface area contributed by atoms with Crippen LogP contribution in [0.4, 0.5) is 0 Å². The Kier molecular flexibility index (Phi) is 6.40. The molecule has 4 rings (SSSR count). The molecule has 0 aliphatic carbocycles. The fraction of sp³-hybridized carbons (Fsp3) is 0.346. The lowest BCUT2D eigenvalue weighted by atomic mass is 9.99.